The number of hydrogen-bond donors (Lipinski definition) is 1. The molecular weight excluding hydrogens is 252 g/mol. The van der Waals surface area contributed by atoms with E-state index in [4.69, 9.17) is 4.98 Å². The van der Waals surface area contributed by atoms with Crippen molar-refractivity contribution in [1.82, 2.24) is 10.3 Å². The van der Waals surface area contributed by atoms with Gasteiger partial charge in [-0.25, -0.2) is 4.98 Å². The van der Waals surface area contributed by atoms with E-state index >= 15 is 0 Å². The first-order valence-corrected chi connectivity index (χ1v) is 7.92. The molecule has 1 atom stereocenters. The Labute approximate surface area is 118 Å². The van der Waals surface area contributed by atoms with E-state index in [1.807, 2.05) is 6.07 Å². The number of nitrogens with one attached hydrogen (secondary N) is 1. The SMILES string of the molecule is CNC(Cc1nc(-c2ccccc2)cs1)C1CCC1. The molecule has 1 saturated carbocycles. The predicted molar refractivity (Wildman–Crippen MR) is 81.4 cm³/mol. The van der Waals surface area contributed by atoms with Crippen molar-refractivity contribution >= 4 is 11.3 Å². The molecule has 0 radical (unpaired) electrons. The third-order valence-electron chi connectivity index (χ3n) is 4.11. The van der Waals surface area contributed by atoms with E-state index in [1.165, 1.54) is 29.8 Å². The topological polar surface area (TPSA) is 24.9 Å². The highest BCUT2D eigenvalue weighted by atomic mass is 32.1. The maximum absolute atomic E-state index is 4.79. The quantitative estimate of drug-likeness (QED) is 0.897. The number of thiazole rings is 1. The average molecular weight is 272 g/mol. The Morgan fingerprint density at radius 1 is 1.32 bits per heavy atom. The summed E-state index contributed by atoms with van der Waals surface area (Å²) in [5.41, 5.74) is 2.33. The van der Waals surface area contributed by atoms with Gasteiger partial charge in [0.15, 0.2) is 0 Å². The van der Waals surface area contributed by atoms with Crippen LogP contribution in [0.4, 0.5) is 0 Å². The predicted octanol–water partition coefficient (Wildman–Crippen LogP) is 3.74. The summed E-state index contributed by atoms with van der Waals surface area (Å²) in [6.07, 6.45) is 5.22. The van der Waals surface area contributed by atoms with Gasteiger partial charge in [0.25, 0.3) is 0 Å². The Hall–Kier alpha value is -1.19. The minimum Gasteiger partial charge on any atom is -0.316 e. The molecule has 1 aromatic heterocycles. The number of likely N-dealkylation sites (N-methyl/N-ethyl adjacent to an activating group) is 1. The molecule has 3 heteroatoms. The minimum absolute atomic E-state index is 0.600. The highest BCUT2D eigenvalue weighted by Crippen LogP contribution is 2.32. The Bertz CT molecular complexity index is 517. The lowest BCUT2D eigenvalue weighted by molar-refractivity contribution is 0.235. The molecule has 1 fully saturated rings. The summed E-state index contributed by atoms with van der Waals surface area (Å²) in [4.78, 5) is 4.79. The molecule has 3 rings (SSSR count). The summed E-state index contributed by atoms with van der Waals surface area (Å²) in [7, 11) is 2.08. The number of aromatic nitrogens is 1. The normalized spacial score (nSPS) is 17.1. The largest absolute Gasteiger partial charge is 0.316 e. The van der Waals surface area contributed by atoms with Crippen molar-refractivity contribution in [3.05, 3.63) is 40.7 Å². The van der Waals surface area contributed by atoms with Crippen molar-refractivity contribution in [2.45, 2.75) is 31.7 Å². The van der Waals surface area contributed by atoms with E-state index in [9.17, 15) is 0 Å². The highest BCUT2D eigenvalue weighted by Gasteiger charge is 2.26. The van der Waals surface area contributed by atoms with Crippen LogP contribution < -0.4 is 5.32 Å². The highest BCUT2D eigenvalue weighted by molar-refractivity contribution is 7.09. The molecule has 2 aromatic rings. The van der Waals surface area contributed by atoms with Gasteiger partial charge in [-0.2, -0.15) is 0 Å². The lowest BCUT2D eigenvalue weighted by Crippen LogP contribution is -2.38. The van der Waals surface area contributed by atoms with Crippen molar-refractivity contribution in [2.24, 2.45) is 5.92 Å². The molecule has 1 unspecified atom stereocenters. The third kappa shape index (κ3) is 2.88. The summed E-state index contributed by atoms with van der Waals surface area (Å²) in [5.74, 6) is 0.856. The van der Waals surface area contributed by atoms with Gasteiger partial charge in [-0.3, -0.25) is 0 Å². The van der Waals surface area contributed by atoms with Crippen LogP contribution in [0.1, 0.15) is 24.3 Å². The summed E-state index contributed by atoms with van der Waals surface area (Å²) in [6, 6.07) is 11.0. The standard InChI is InChI=1S/C16H20N2S/c1-17-14(12-8-5-9-12)10-16-18-15(11-19-16)13-6-3-2-4-7-13/h2-4,6-7,11-12,14,17H,5,8-10H2,1H3. The molecule has 1 N–H and O–H groups in total. The van der Waals surface area contributed by atoms with Crippen LogP contribution in [0.15, 0.2) is 35.7 Å². The fourth-order valence-corrected chi connectivity index (χ4v) is 3.54. The van der Waals surface area contributed by atoms with E-state index < -0.39 is 0 Å². The van der Waals surface area contributed by atoms with E-state index in [0.29, 0.717) is 6.04 Å². The Kier molecular flexibility index (Phi) is 3.95. The van der Waals surface area contributed by atoms with Gasteiger partial charge in [-0.1, -0.05) is 36.8 Å². The first-order valence-electron chi connectivity index (χ1n) is 7.04. The van der Waals surface area contributed by atoms with Crippen LogP contribution in [-0.2, 0) is 6.42 Å². The van der Waals surface area contributed by atoms with Crippen molar-refractivity contribution in [3.63, 3.8) is 0 Å². The Balaban J connectivity index is 1.70. The maximum Gasteiger partial charge on any atom is 0.0948 e. The zero-order chi connectivity index (χ0) is 13.1. The van der Waals surface area contributed by atoms with Crippen LogP contribution in [0.25, 0.3) is 11.3 Å². The third-order valence-corrected chi connectivity index (χ3v) is 4.98. The molecule has 0 aliphatic heterocycles. The molecule has 1 aromatic carbocycles. The molecule has 1 heterocycles. The van der Waals surface area contributed by atoms with Gasteiger partial charge in [0.05, 0.1) is 10.7 Å². The van der Waals surface area contributed by atoms with Gasteiger partial charge < -0.3 is 5.32 Å². The number of hydrogen-bond acceptors (Lipinski definition) is 3. The summed E-state index contributed by atoms with van der Waals surface area (Å²) in [6.45, 7) is 0. The fraction of sp³-hybridized carbons (Fsp3) is 0.438. The molecular formula is C16H20N2S. The number of rotatable bonds is 5. The summed E-state index contributed by atoms with van der Waals surface area (Å²) >= 11 is 1.79. The van der Waals surface area contributed by atoms with Crippen LogP contribution in [-0.4, -0.2) is 18.1 Å². The molecule has 1 aliphatic carbocycles. The minimum atomic E-state index is 0.600. The summed E-state index contributed by atoms with van der Waals surface area (Å²) < 4.78 is 0. The number of nitrogens with zero attached hydrogens (tertiary/aromatic N) is 1. The maximum atomic E-state index is 4.79. The number of benzene rings is 1. The lowest BCUT2D eigenvalue weighted by Gasteiger charge is -2.33. The van der Waals surface area contributed by atoms with E-state index in [1.54, 1.807) is 11.3 Å². The first-order chi connectivity index (χ1) is 9.36. The molecule has 0 bridgehead atoms. The van der Waals surface area contributed by atoms with E-state index in [0.717, 1.165) is 18.0 Å². The van der Waals surface area contributed by atoms with Gasteiger partial charge in [-0.05, 0) is 25.8 Å². The molecule has 2 nitrogen and oxygen atoms in total. The zero-order valence-corrected chi connectivity index (χ0v) is 12.1. The lowest BCUT2D eigenvalue weighted by atomic mass is 9.79. The van der Waals surface area contributed by atoms with Crippen LogP contribution >= 0.6 is 11.3 Å². The second kappa shape index (κ2) is 5.85. The molecule has 0 spiro atoms. The van der Waals surface area contributed by atoms with Crippen molar-refractivity contribution in [2.75, 3.05) is 7.05 Å². The van der Waals surface area contributed by atoms with Crippen molar-refractivity contribution in [1.29, 1.82) is 0 Å². The fourth-order valence-electron chi connectivity index (χ4n) is 2.68. The zero-order valence-electron chi connectivity index (χ0n) is 11.3. The van der Waals surface area contributed by atoms with Gasteiger partial charge in [0.2, 0.25) is 0 Å². The second-order valence-corrected chi connectivity index (χ2v) is 6.23. The second-order valence-electron chi connectivity index (χ2n) is 5.28. The molecule has 1 aliphatic rings. The van der Waals surface area contributed by atoms with Gasteiger partial charge in [-0.15, -0.1) is 11.3 Å². The molecule has 19 heavy (non-hydrogen) atoms. The van der Waals surface area contributed by atoms with E-state index in [-0.39, 0.29) is 0 Å². The monoisotopic (exact) mass is 272 g/mol. The molecule has 0 amide bonds. The van der Waals surface area contributed by atoms with E-state index in [2.05, 4.69) is 42.0 Å². The molecule has 0 saturated heterocycles. The average Bonchev–Trinajstić information content (AvgIpc) is 2.85. The van der Waals surface area contributed by atoms with Crippen LogP contribution in [0.5, 0.6) is 0 Å². The van der Waals surface area contributed by atoms with Crippen LogP contribution in [0.3, 0.4) is 0 Å². The summed E-state index contributed by atoms with van der Waals surface area (Å²) in [5, 5.41) is 6.90. The van der Waals surface area contributed by atoms with Crippen LogP contribution in [0.2, 0.25) is 0 Å². The first kappa shape index (κ1) is 12.8. The van der Waals surface area contributed by atoms with Crippen molar-refractivity contribution < 1.29 is 0 Å². The van der Waals surface area contributed by atoms with Crippen LogP contribution in [0, 0.1) is 5.92 Å². The Morgan fingerprint density at radius 3 is 2.74 bits per heavy atom. The smallest absolute Gasteiger partial charge is 0.0948 e. The van der Waals surface area contributed by atoms with Gasteiger partial charge >= 0.3 is 0 Å². The molecule has 100 valence electrons. The van der Waals surface area contributed by atoms with Gasteiger partial charge in [0.1, 0.15) is 0 Å². The van der Waals surface area contributed by atoms with Crippen molar-refractivity contribution in [3.8, 4) is 11.3 Å². The Morgan fingerprint density at radius 2 is 2.11 bits per heavy atom. The van der Waals surface area contributed by atoms with Gasteiger partial charge in [0, 0.05) is 23.4 Å².